The Labute approximate surface area is 458 Å². The number of rotatable bonds is 24. The number of carbonyl (C=O) groups is 6. The van der Waals surface area contributed by atoms with Crippen LogP contribution in [0, 0.1) is 11.8 Å². The Hall–Kier alpha value is -10.7. The number of aromatic hydroxyl groups is 4. The predicted molar refractivity (Wildman–Crippen MR) is 294 cm³/mol. The minimum absolute atomic E-state index is 0.0994. The monoisotopic (exact) mass is 1080 g/mol. The molecule has 0 spiro atoms. The van der Waals surface area contributed by atoms with Crippen LogP contribution in [0.15, 0.2) is 218 Å². The van der Waals surface area contributed by atoms with E-state index in [9.17, 15) is 59.4 Å². The summed E-state index contributed by atoms with van der Waals surface area (Å²) in [5, 5.41) is 60.6. The zero-order chi connectivity index (χ0) is 57.3. The van der Waals surface area contributed by atoms with Crippen LogP contribution in [0.1, 0.15) is 63.7 Å². The average Bonchev–Trinajstić information content (AvgIpc) is 3.47. The van der Waals surface area contributed by atoms with E-state index in [-0.39, 0.29) is 129 Å². The molecule has 0 unspecified atom stereocenters. The van der Waals surface area contributed by atoms with E-state index < -0.39 is 23.8 Å². The highest BCUT2D eigenvalue weighted by atomic mass is 16.5. The third kappa shape index (κ3) is 14.8. The topological polar surface area (TPSA) is 261 Å². The van der Waals surface area contributed by atoms with Gasteiger partial charge in [-0.2, -0.15) is 0 Å². The molecule has 0 heterocycles. The molecule has 8 aromatic rings. The molecule has 0 amide bonds. The van der Waals surface area contributed by atoms with Gasteiger partial charge in [0.1, 0.15) is 46.0 Å². The SMILES string of the molecule is C=C(C(=O)O)C(COc1ccc(C(=O)c2ccccc2)c(O)c1)COc1ccc(C(=O)c2ccccc2)c(O)c1.C=C(C(=O)O)C(COc1ccc(C(=O)c2ccccc2)c(O)c1)COc1ccc(C(=O)c2ccccc2)c(O)c1. The minimum atomic E-state index is -1.24. The highest BCUT2D eigenvalue weighted by Crippen LogP contribution is 2.31. The molecule has 0 aliphatic rings. The van der Waals surface area contributed by atoms with Crippen molar-refractivity contribution in [2.45, 2.75) is 0 Å². The molecule has 8 aromatic carbocycles. The quantitative estimate of drug-likeness (QED) is 0.0243. The van der Waals surface area contributed by atoms with Crippen LogP contribution < -0.4 is 18.9 Å². The lowest BCUT2D eigenvalue weighted by Crippen LogP contribution is -2.25. The van der Waals surface area contributed by atoms with Crippen molar-refractivity contribution in [3.05, 3.63) is 263 Å². The number of phenols is 4. The van der Waals surface area contributed by atoms with Crippen LogP contribution in [0.25, 0.3) is 0 Å². The van der Waals surface area contributed by atoms with Crippen molar-refractivity contribution in [3.63, 3.8) is 0 Å². The molecule has 0 bridgehead atoms. The van der Waals surface area contributed by atoms with Gasteiger partial charge >= 0.3 is 11.9 Å². The number of carbonyl (C=O) groups excluding carboxylic acids is 4. The van der Waals surface area contributed by atoms with Gasteiger partial charge in [0.2, 0.25) is 0 Å². The normalized spacial score (nSPS) is 10.6. The zero-order valence-corrected chi connectivity index (χ0v) is 42.6. The molecular weight excluding hydrogens is 1020 g/mol. The van der Waals surface area contributed by atoms with Crippen molar-refractivity contribution in [1.29, 1.82) is 0 Å². The van der Waals surface area contributed by atoms with Crippen molar-refractivity contribution in [2.75, 3.05) is 26.4 Å². The molecule has 0 saturated heterocycles. The Morgan fingerprint density at radius 2 is 0.525 bits per heavy atom. The van der Waals surface area contributed by atoms with Gasteiger partial charge in [-0.3, -0.25) is 19.2 Å². The number of aliphatic carboxylic acids is 2. The van der Waals surface area contributed by atoms with Crippen LogP contribution in [0.4, 0.5) is 0 Å². The second kappa shape index (κ2) is 26.8. The third-order valence-corrected chi connectivity index (χ3v) is 12.3. The number of ether oxygens (including phenoxy) is 4. The summed E-state index contributed by atoms with van der Waals surface area (Å²) in [5.74, 6) is -5.77. The molecule has 16 heteroatoms. The van der Waals surface area contributed by atoms with Gasteiger partial charge in [0.15, 0.2) is 23.1 Å². The number of ketones is 4. The van der Waals surface area contributed by atoms with Gasteiger partial charge < -0.3 is 49.6 Å². The van der Waals surface area contributed by atoms with E-state index in [0.717, 1.165) is 0 Å². The third-order valence-electron chi connectivity index (χ3n) is 12.3. The maximum absolute atomic E-state index is 12.7. The van der Waals surface area contributed by atoms with Crippen molar-refractivity contribution in [3.8, 4) is 46.0 Å². The number of hydrogen-bond acceptors (Lipinski definition) is 14. The molecule has 80 heavy (non-hydrogen) atoms. The van der Waals surface area contributed by atoms with Gasteiger partial charge in [-0.05, 0) is 48.5 Å². The first-order valence-corrected chi connectivity index (χ1v) is 24.5. The van der Waals surface area contributed by atoms with Crippen LogP contribution in [0.5, 0.6) is 46.0 Å². The summed E-state index contributed by atoms with van der Waals surface area (Å²) < 4.78 is 22.8. The van der Waals surface area contributed by atoms with Gasteiger partial charge in [-0.15, -0.1) is 0 Å². The maximum Gasteiger partial charge on any atom is 0.331 e. The van der Waals surface area contributed by atoms with Crippen LogP contribution in [0.2, 0.25) is 0 Å². The minimum Gasteiger partial charge on any atom is -0.507 e. The Morgan fingerprint density at radius 3 is 0.700 bits per heavy atom. The molecule has 0 saturated carbocycles. The molecule has 6 N–H and O–H groups in total. The van der Waals surface area contributed by atoms with E-state index >= 15 is 0 Å². The molecule has 0 fully saturated rings. The van der Waals surface area contributed by atoms with Crippen molar-refractivity contribution in [2.24, 2.45) is 11.8 Å². The van der Waals surface area contributed by atoms with Crippen LogP contribution in [-0.2, 0) is 9.59 Å². The first-order valence-electron chi connectivity index (χ1n) is 24.5. The van der Waals surface area contributed by atoms with E-state index in [2.05, 4.69) is 13.2 Å². The lowest BCUT2D eigenvalue weighted by molar-refractivity contribution is -0.134. The van der Waals surface area contributed by atoms with Crippen molar-refractivity contribution >= 4 is 35.1 Å². The standard InChI is InChI=1S/2C32H26O8/c2*1-20(32(37)38)23(18-39-24-12-14-26(28(33)16-24)30(35)21-8-4-2-5-9-21)19-40-25-13-15-27(29(34)17-25)31(36)22-10-6-3-7-11-22/h2*2-17,23,33-34H,1,18-19H2,(H,37,38). The Kier molecular flexibility index (Phi) is 19.1. The summed E-state index contributed by atoms with van der Waals surface area (Å²) in [6.07, 6.45) is 0. The number of benzene rings is 8. The molecule has 0 aliphatic heterocycles. The first kappa shape index (κ1) is 57.0. The fourth-order valence-electron chi connectivity index (χ4n) is 7.79. The summed E-state index contributed by atoms with van der Waals surface area (Å²) in [6, 6.07) is 50.8. The second-order valence-electron chi connectivity index (χ2n) is 17.8. The summed E-state index contributed by atoms with van der Waals surface area (Å²) in [7, 11) is 0. The van der Waals surface area contributed by atoms with Crippen LogP contribution in [0.3, 0.4) is 0 Å². The Balaban J connectivity index is 0.000000231. The highest BCUT2D eigenvalue weighted by Gasteiger charge is 2.25. The van der Waals surface area contributed by atoms with Gasteiger partial charge in [0, 0.05) is 57.7 Å². The van der Waals surface area contributed by atoms with E-state index in [4.69, 9.17) is 18.9 Å². The van der Waals surface area contributed by atoms with E-state index in [1.54, 1.807) is 121 Å². The number of phenolic OH excluding ortho intramolecular Hbond substituents is 4. The van der Waals surface area contributed by atoms with Gasteiger partial charge in [-0.1, -0.05) is 134 Å². The van der Waals surface area contributed by atoms with E-state index in [1.165, 1.54) is 72.8 Å². The lowest BCUT2D eigenvalue weighted by atomic mass is 10.0. The van der Waals surface area contributed by atoms with Crippen molar-refractivity contribution in [1.82, 2.24) is 0 Å². The Bertz CT molecular complexity index is 3110. The van der Waals surface area contributed by atoms with Gasteiger partial charge in [0.25, 0.3) is 0 Å². The molecule has 0 atom stereocenters. The summed E-state index contributed by atoms with van der Waals surface area (Å²) in [5.41, 5.74) is 1.75. The molecule has 0 aliphatic carbocycles. The Morgan fingerprint density at radius 1 is 0.325 bits per heavy atom. The molecule has 16 nitrogen and oxygen atoms in total. The molecular formula is C64H52O16. The van der Waals surface area contributed by atoms with Crippen LogP contribution >= 0.6 is 0 Å². The second-order valence-corrected chi connectivity index (χ2v) is 17.8. The smallest absolute Gasteiger partial charge is 0.331 e. The van der Waals surface area contributed by atoms with Gasteiger partial charge in [-0.25, -0.2) is 9.59 Å². The molecule has 404 valence electrons. The highest BCUT2D eigenvalue weighted by molar-refractivity contribution is 6.12. The zero-order valence-electron chi connectivity index (χ0n) is 42.6. The number of carboxylic acids is 2. The van der Waals surface area contributed by atoms with Crippen LogP contribution in [-0.4, -0.2) is 92.1 Å². The van der Waals surface area contributed by atoms with Gasteiger partial charge in [0.05, 0.1) is 60.5 Å². The molecule has 8 rings (SSSR count). The molecule has 0 aromatic heterocycles. The lowest BCUT2D eigenvalue weighted by Gasteiger charge is -2.19. The largest absolute Gasteiger partial charge is 0.507 e. The predicted octanol–water partition coefficient (Wildman–Crippen LogP) is 10.5. The molecule has 0 radical (unpaired) electrons. The summed E-state index contributed by atoms with van der Waals surface area (Å²) in [4.78, 5) is 73.8. The fraction of sp³-hybridized carbons (Fsp3) is 0.0938. The number of carboxylic acid groups (broad SMARTS) is 2. The number of hydrogen-bond donors (Lipinski definition) is 6. The van der Waals surface area contributed by atoms with E-state index in [1.807, 2.05) is 0 Å². The summed E-state index contributed by atoms with van der Waals surface area (Å²) in [6.45, 7) is 6.58. The van der Waals surface area contributed by atoms with Crippen molar-refractivity contribution < 1.29 is 78.4 Å². The summed E-state index contributed by atoms with van der Waals surface area (Å²) >= 11 is 0. The first-order chi connectivity index (χ1) is 38.5. The van der Waals surface area contributed by atoms with E-state index in [0.29, 0.717) is 22.3 Å². The maximum atomic E-state index is 12.7. The average molecular weight is 1080 g/mol. The fourth-order valence-corrected chi connectivity index (χ4v) is 7.79.